The van der Waals surface area contributed by atoms with Crippen molar-refractivity contribution in [2.75, 3.05) is 12.3 Å². The molecule has 1 rings (SSSR count). The van der Waals surface area contributed by atoms with Crippen molar-refractivity contribution in [3.8, 4) is 0 Å². The third-order valence-electron chi connectivity index (χ3n) is 1.84. The van der Waals surface area contributed by atoms with E-state index in [1.165, 1.54) is 12.1 Å². The number of ether oxygens (including phenoxy) is 1. The molecule has 0 aromatic heterocycles. The van der Waals surface area contributed by atoms with Crippen molar-refractivity contribution in [1.29, 1.82) is 0 Å². The van der Waals surface area contributed by atoms with E-state index in [-0.39, 0.29) is 29.3 Å². The van der Waals surface area contributed by atoms with E-state index in [0.29, 0.717) is 0 Å². The molecule has 0 aliphatic heterocycles. The molecule has 0 aliphatic carbocycles. The highest BCUT2D eigenvalue weighted by Crippen LogP contribution is 2.26. The highest BCUT2D eigenvalue weighted by Gasteiger charge is 2.14. The number of halogens is 2. The SMILES string of the molecule is CCOC(=O)Cc1c(F)ccc(N)c1Cl. The minimum absolute atomic E-state index is 0.0723. The molecule has 0 fully saturated rings. The fraction of sp³-hybridized carbons (Fsp3) is 0.300. The van der Waals surface area contributed by atoms with Crippen LogP contribution in [0, 0.1) is 5.82 Å². The van der Waals surface area contributed by atoms with Crippen LogP contribution >= 0.6 is 11.6 Å². The van der Waals surface area contributed by atoms with Crippen molar-refractivity contribution in [2.45, 2.75) is 13.3 Å². The molecule has 5 heteroatoms. The number of hydrogen-bond donors (Lipinski definition) is 1. The normalized spacial score (nSPS) is 10.1. The van der Waals surface area contributed by atoms with E-state index in [2.05, 4.69) is 0 Å². The summed E-state index contributed by atoms with van der Waals surface area (Å²) in [6, 6.07) is 2.53. The highest BCUT2D eigenvalue weighted by molar-refractivity contribution is 6.34. The molecule has 0 heterocycles. The number of benzene rings is 1. The molecule has 0 radical (unpaired) electrons. The summed E-state index contributed by atoms with van der Waals surface area (Å²) in [7, 11) is 0. The first kappa shape index (κ1) is 11.8. The first-order chi connectivity index (χ1) is 7.06. The van der Waals surface area contributed by atoms with Crippen LogP contribution in [0.15, 0.2) is 12.1 Å². The minimum atomic E-state index is -0.553. The van der Waals surface area contributed by atoms with Gasteiger partial charge >= 0.3 is 5.97 Å². The number of hydrogen-bond acceptors (Lipinski definition) is 3. The van der Waals surface area contributed by atoms with Crippen molar-refractivity contribution < 1.29 is 13.9 Å². The molecule has 0 saturated heterocycles. The fourth-order valence-electron chi connectivity index (χ4n) is 1.13. The molecular weight excluding hydrogens is 221 g/mol. The number of nitrogen functional groups attached to an aromatic ring is 1. The molecular formula is C10H11ClFNO2. The van der Waals surface area contributed by atoms with Crippen LogP contribution in [0.2, 0.25) is 5.02 Å². The smallest absolute Gasteiger partial charge is 0.310 e. The summed E-state index contributed by atoms with van der Waals surface area (Å²) in [5.74, 6) is -1.08. The van der Waals surface area contributed by atoms with E-state index < -0.39 is 11.8 Å². The maximum absolute atomic E-state index is 13.3. The summed E-state index contributed by atoms with van der Waals surface area (Å²) in [4.78, 5) is 11.1. The summed E-state index contributed by atoms with van der Waals surface area (Å²) in [6.45, 7) is 1.93. The molecule has 0 atom stereocenters. The summed E-state index contributed by atoms with van der Waals surface area (Å²) < 4.78 is 18.0. The van der Waals surface area contributed by atoms with E-state index in [9.17, 15) is 9.18 Å². The predicted molar refractivity (Wildman–Crippen MR) is 56.2 cm³/mol. The largest absolute Gasteiger partial charge is 0.466 e. The molecule has 0 saturated carbocycles. The molecule has 0 unspecified atom stereocenters. The maximum atomic E-state index is 13.3. The van der Waals surface area contributed by atoms with Crippen LogP contribution in [-0.4, -0.2) is 12.6 Å². The van der Waals surface area contributed by atoms with Gasteiger partial charge in [0.05, 0.1) is 23.7 Å². The first-order valence-corrected chi connectivity index (χ1v) is 4.82. The second-order valence-electron chi connectivity index (χ2n) is 2.91. The van der Waals surface area contributed by atoms with E-state index >= 15 is 0 Å². The van der Waals surface area contributed by atoms with Crippen LogP contribution in [0.4, 0.5) is 10.1 Å². The Kier molecular flexibility index (Phi) is 3.91. The molecule has 1 aromatic carbocycles. The molecule has 1 aromatic rings. The third kappa shape index (κ3) is 2.83. The van der Waals surface area contributed by atoms with Crippen LogP contribution in [0.5, 0.6) is 0 Å². The third-order valence-corrected chi connectivity index (χ3v) is 2.29. The highest BCUT2D eigenvalue weighted by atomic mass is 35.5. The predicted octanol–water partition coefficient (Wildman–Crippen LogP) is 2.17. The molecule has 0 aliphatic rings. The van der Waals surface area contributed by atoms with Gasteiger partial charge in [0.25, 0.3) is 0 Å². The molecule has 0 bridgehead atoms. The zero-order chi connectivity index (χ0) is 11.4. The molecule has 82 valence electrons. The minimum Gasteiger partial charge on any atom is -0.466 e. The number of carbonyl (C=O) groups is 1. The lowest BCUT2D eigenvalue weighted by Gasteiger charge is -2.07. The first-order valence-electron chi connectivity index (χ1n) is 4.44. The summed E-state index contributed by atoms with van der Waals surface area (Å²) >= 11 is 5.77. The fourth-order valence-corrected chi connectivity index (χ4v) is 1.35. The van der Waals surface area contributed by atoms with Crippen LogP contribution in [-0.2, 0) is 16.0 Å². The molecule has 3 nitrogen and oxygen atoms in total. The Hall–Kier alpha value is -1.29. The lowest BCUT2D eigenvalue weighted by Crippen LogP contribution is -2.10. The molecule has 0 spiro atoms. The zero-order valence-electron chi connectivity index (χ0n) is 8.22. The van der Waals surface area contributed by atoms with Crippen molar-refractivity contribution in [1.82, 2.24) is 0 Å². The van der Waals surface area contributed by atoms with Gasteiger partial charge in [-0.15, -0.1) is 0 Å². The Morgan fingerprint density at radius 2 is 2.27 bits per heavy atom. The van der Waals surface area contributed by atoms with Gasteiger partial charge in [-0.3, -0.25) is 4.79 Å². The second-order valence-corrected chi connectivity index (χ2v) is 3.29. The van der Waals surface area contributed by atoms with Gasteiger partial charge in [0.1, 0.15) is 5.82 Å². The summed E-state index contributed by atoms with van der Waals surface area (Å²) in [6.07, 6.45) is -0.205. The number of carbonyl (C=O) groups excluding carboxylic acids is 1. The average Bonchev–Trinajstić information content (AvgIpc) is 2.19. The Morgan fingerprint density at radius 1 is 1.60 bits per heavy atom. The maximum Gasteiger partial charge on any atom is 0.310 e. The topological polar surface area (TPSA) is 52.3 Å². The Bertz CT molecular complexity index is 382. The number of rotatable bonds is 3. The Labute approximate surface area is 92.0 Å². The average molecular weight is 232 g/mol. The van der Waals surface area contributed by atoms with Crippen LogP contribution in [0.1, 0.15) is 12.5 Å². The van der Waals surface area contributed by atoms with Gasteiger partial charge < -0.3 is 10.5 Å². The van der Waals surface area contributed by atoms with Crippen LogP contribution < -0.4 is 5.73 Å². The van der Waals surface area contributed by atoms with Crippen LogP contribution in [0.3, 0.4) is 0 Å². The monoisotopic (exact) mass is 231 g/mol. The number of esters is 1. The van der Waals surface area contributed by atoms with Crippen LogP contribution in [0.25, 0.3) is 0 Å². The van der Waals surface area contributed by atoms with Crippen molar-refractivity contribution in [2.24, 2.45) is 0 Å². The van der Waals surface area contributed by atoms with E-state index in [4.69, 9.17) is 22.1 Å². The van der Waals surface area contributed by atoms with Gasteiger partial charge in [-0.25, -0.2) is 4.39 Å². The lowest BCUT2D eigenvalue weighted by atomic mass is 10.1. The van der Waals surface area contributed by atoms with E-state index in [1.54, 1.807) is 6.92 Å². The molecule has 15 heavy (non-hydrogen) atoms. The summed E-state index contributed by atoms with van der Waals surface area (Å²) in [5, 5.41) is 0.0723. The molecule has 0 amide bonds. The zero-order valence-corrected chi connectivity index (χ0v) is 8.97. The standard InChI is InChI=1S/C10H11ClFNO2/c1-2-15-9(14)5-6-7(12)3-4-8(13)10(6)11/h3-4H,2,5,13H2,1H3. The Morgan fingerprint density at radius 3 is 2.87 bits per heavy atom. The number of anilines is 1. The van der Waals surface area contributed by atoms with Gasteiger partial charge in [-0.1, -0.05) is 11.6 Å². The van der Waals surface area contributed by atoms with Gasteiger partial charge in [-0.2, -0.15) is 0 Å². The number of nitrogens with two attached hydrogens (primary N) is 1. The lowest BCUT2D eigenvalue weighted by molar-refractivity contribution is -0.142. The van der Waals surface area contributed by atoms with Gasteiger partial charge in [0, 0.05) is 5.56 Å². The van der Waals surface area contributed by atoms with Gasteiger partial charge in [-0.05, 0) is 19.1 Å². The second kappa shape index (κ2) is 4.98. The van der Waals surface area contributed by atoms with Gasteiger partial charge in [0.15, 0.2) is 0 Å². The Balaban J connectivity index is 2.93. The molecule has 2 N–H and O–H groups in total. The van der Waals surface area contributed by atoms with Crippen molar-refractivity contribution >= 4 is 23.3 Å². The van der Waals surface area contributed by atoms with Crippen molar-refractivity contribution in [3.63, 3.8) is 0 Å². The van der Waals surface area contributed by atoms with E-state index in [1.807, 2.05) is 0 Å². The quantitative estimate of drug-likeness (QED) is 0.641. The van der Waals surface area contributed by atoms with E-state index in [0.717, 1.165) is 0 Å². The van der Waals surface area contributed by atoms with Crippen molar-refractivity contribution in [3.05, 3.63) is 28.5 Å². The summed E-state index contributed by atoms with van der Waals surface area (Å²) in [5.41, 5.74) is 5.81. The van der Waals surface area contributed by atoms with Gasteiger partial charge in [0.2, 0.25) is 0 Å².